The standard InChI is InChI=1S/C13H14N2O4S2/c1-2-10(9-6-4-3-5-7-9)21(18,19)15-12-11(13(16)17)14-8-20-12/h3-8,10,15H,2H2,1H3,(H,16,17). The molecule has 8 heteroatoms. The van der Waals surface area contributed by atoms with Crippen molar-refractivity contribution in [1.29, 1.82) is 0 Å². The number of carbonyl (C=O) groups is 1. The number of hydrogen-bond donors (Lipinski definition) is 2. The Kier molecular flexibility index (Phi) is 4.59. The van der Waals surface area contributed by atoms with Gasteiger partial charge in [0.25, 0.3) is 0 Å². The van der Waals surface area contributed by atoms with Gasteiger partial charge >= 0.3 is 5.97 Å². The van der Waals surface area contributed by atoms with E-state index in [4.69, 9.17) is 5.11 Å². The Bertz CT molecular complexity index is 726. The predicted molar refractivity (Wildman–Crippen MR) is 81.1 cm³/mol. The van der Waals surface area contributed by atoms with E-state index < -0.39 is 21.2 Å². The minimum absolute atomic E-state index is 0.0249. The maximum absolute atomic E-state index is 12.5. The van der Waals surface area contributed by atoms with Crippen LogP contribution in [0.25, 0.3) is 0 Å². The molecule has 1 aromatic carbocycles. The van der Waals surface area contributed by atoms with E-state index in [1.807, 2.05) is 6.07 Å². The van der Waals surface area contributed by atoms with Crippen molar-refractivity contribution < 1.29 is 18.3 Å². The topological polar surface area (TPSA) is 96.4 Å². The van der Waals surface area contributed by atoms with Gasteiger partial charge in [-0.3, -0.25) is 4.72 Å². The van der Waals surface area contributed by atoms with E-state index in [1.165, 1.54) is 5.51 Å². The maximum Gasteiger partial charge on any atom is 0.357 e. The second-order valence-electron chi connectivity index (χ2n) is 4.29. The molecule has 0 aliphatic carbocycles. The Hall–Kier alpha value is -1.93. The first-order valence-electron chi connectivity index (χ1n) is 6.19. The fraction of sp³-hybridized carbons (Fsp3) is 0.231. The molecular formula is C13H14N2O4S2. The largest absolute Gasteiger partial charge is 0.476 e. The Morgan fingerprint density at radius 1 is 1.38 bits per heavy atom. The summed E-state index contributed by atoms with van der Waals surface area (Å²) >= 11 is 0.946. The highest BCUT2D eigenvalue weighted by Gasteiger charge is 2.28. The average Bonchev–Trinajstić information content (AvgIpc) is 2.88. The third-order valence-corrected chi connectivity index (χ3v) is 5.64. The Morgan fingerprint density at radius 2 is 2.05 bits per heavy atom. The van der Waals surface area contributed by atoms with Crippen LogP contribution in [-0.2, 0) is 10.0 Å². The number of benzene rings is 1. The fourth-order valence-corrected chi connectivity index (χ4v) is 4.48. The molecule has 0 saturated heterocycles. The molecule has 0 spiro atoms. The van der Waals surface area contributed by atoms with Gasteiger partial charge in [0.15, 0.2) is 5.69 Å². The van der Waals surface area contributed by atoms with Crippen LogP contribution in [0, 0.1) is 0 Å². The number of anilines is 1. The summed E-state index contributed by atoms with van der Waals surface area (Å²) in [6.07, 6.45) is 0.376. The smallest absolute Gasteiger partial charge is 0.357 e. The third-order valence-electron chi connectivity index (χ3n) is 2.92. The van der Waals surface area contributed by atoms with Crippen LogP contribution in [0.2, 0.25) is 0 Å². The normalized spacial score (nSPS) is 12.8. The zero-order valence-electron chi connectivity index (χ0n) is 11.2. The highest BCUT2D eigenvalue weighted by atomic mass is 32.2. The summed E-state index contributed by atoms with van der Waals surface area (Å²) in [5, 5.41) is 8.25. The minimum atomic E-state index is -3.75. The number of nitrogens with zero attached hydrogens (tertiary/aromatic N) is 1. The first-order chi connectivity index (χ1) is 9.95. The van der Waals surface area contributed by atoms with E-state index in [9.17, 15) is 13.2 Å². The highest BCUT2D eigenvalue weighted by Crippen LogP contribution is 2.30. The molecule has 1 atom stereocenters. The molecule has 0 fully saturated rings. The average molecular weight is 326 g/mol. The lowest BCUT2D eigenvalue weighted by Gasteiger charge is -2.17. The van der Waals surface area contributed by atoms with Crippen LogP contribution in [0.5, 0.6) is 0 Å². The van der Waals surface area contributed by atoms with Gasteiger partial charge in [-0.25, -0.2) is 18.2 Å². The lowest BCUT2D eigenvalue weighted by atomic mass is 10.1. The van der Waals surface area contributed by atoms with E-state index in [0.29, 0.717) is 12.0 Å². The summed E-state index contributed by atoms with van der Waals surface area (Å²) in [5.41, 5.74) is 1.67. The van der Waals surface area contributed by atoms with Crippen LogP contribution >= 0.6 is 11.3 Å². The number of carboxylic acid groups (broad SMARTS) is 1. The fourth-order valence-electron chi connectivity index (χ4n) is 1.97. The molecule has 0 aliphatic heterocycles. The Labute approximate surface area is 126 Å². The van der Waals surface area contributed by atoms with Crippen LogP contribution < -0.4 is 4.72 Å². The van der Waals surface area contributed by atoms with Gasteiger partial charge in [-0.2, -0.15) is 0 Å². The monoisotopic (exact) mass is 326 g/mol. The molecule has 2 aromatic rings. The van der Waals surface area contributed by atoms with E-state index in [2.05, 4.69) is 9.71 Å². The van der Waals surface area contributed by atoms with Crippen molar-refractivity contribution in [1.82, 2.24) is 4.98 Å². The summed E-state index contributed by atoms with van der Waals surface area (Å²) in [5.74, 6) is -1.26. The van der Waals surface area contributed by atoms with Gasteiger partial charge in [0.2, 0.25) is 10.0 Å². The van der Waals surface area contributed by atoms with E-state index in [-0.39, 0.29) is 10.7 Å². The lowest BCUT2D eigenvalue weighted by Crippen LogP contribution is -2.21. The summed E-state index contributed by atoms with van der Waals surface area (Å²) in [6.45, 7) is 1.77. The van der Waals surface area contributed by atoms with Gasteiger partial charge in [-0.05, 0) is 12.0 Å². The quantitative estimate of drug-likeness (QED) is 0.851. The van der Waals surface area contributed by atoms with Crippen LogP contribution in [-0.4, -0.2) is 24.5 Å². The first kappa shape index (κ1) is 15.5. The second kappa shape index (κ2) is 6.23. The lowest BCUT2D eigenvalue weighted by molar-refractivity contribution is 0.0692. The van der Waals surface area contributed by atoms with E-state index in [0.717, 1.165) is 11.3 Å². The summed E-state index contributed by atoms with van der Waals surface area (Å²) in [7, 11) is -3.75. The van der Waals surface area contributed by atoms with Gasteiger partial charge in [-0.15, -0.1) is 11.3 Å². The van der Waals surface area contributed by atoms with Crippen molar-refractivity contribution in [2.24, 2.45) is 0 Å². The van der Waals surface area contributed by atoms with E-state index >= 15 is 0 Å². The van der Waals surface area contributed by atoms with Gasteiger partial charge < -0.3 is 5.11 Å². The number of nitrogens with one attached hydrogen (secondary N) is 1. The molecule has 1 aromatic heterocycles. The zero-order valence-corrected chi connectivity index (χ0v) is 12.8. The second-order valence-corrected chi connectivity index (χ2v) is 7.01. The maximum atomic E-state index is 12.5. The zero-order chi connectivity index (χ0) is 15.5. The third kappa shape index (κ3) is 3.40. The molecule has 2 N–H and O–H groups in total. The van der Waals surface area contributed by atoms with Crippen LogP contribution in [0.15, 0.2) is 35.8 Å². The van der Waals surface area contributed by atoms with Crippen molar-refractivity contribution in [2.45, 2.75) is 18.6 Å². The summed E-state index contributed by atoms with van der Waals surface area (Å²) in [6, 6.07) is 8.81. The molecule has 6 nitrogen and oxygen atoms in total. The first-order valence-corrected chi connectivity index (χ1v) is 8.61. The van der Waals surface area contributed by atoms with Gasteiger partial charge in [0, 0.05) is 0 Å². The molecule has 2 rings (SSSR count). The number of rotatable bonds is 6. The molecule has 0 amide bonds. The highest BCUT2D eigenvalue weighted by molar-refractivity contribution is 7.93. The SMILES string of the molecule is CCC(c1ccccc1)S(=O)(=O)Nc1scnc1C(=O)O. The van der Waals surface area contributed by atoms with Crippen molar-refractivity contribution in [2.75, 3.05) is 4.72 Å². The van der Waals surface area contributed by atoms with Crippen molar-refractivity contribution in [3.05, 3.63) is 47.1 Å². The van der Waals surface area contributed by atoms with Crippen molar-refractivity contribution in [3.63, 3.8) is 0 Å². The molecule has 0 aliphatic rings. The number of thiazole rings is 1. The van der Waals surface area contributed by atoms with Crippen LogP contribution in [0.4, 0.5) is 5.00 Å². The Balaban J connectivity index is 2.33. The minimum Gasteiger partial charge on any atom is -0.476 e. The molecule has 21 heavy (non-hydrogen) atoms. The molecule has 112 valence electrons. The number of aromatic carboxylic acids is 1. The molecule has 0 radical (unpaired) electrons. The van der Waals surface area contributed by atoms with Gasteiger partial charge in [0.1, 0.15) is 10.3 Å². The van der Waals surface area contributed by atoms with E-state index in [1.54, 1.807) is 31.2 Å². The Morgan fingerprint density at radius 3 is 2.62 bits per heavy atom. The molecular weight excluding hydrogens is 312 g/mol. The van der Waals surface area contributed by atoms with Crippen molar-refractivity contribution >= 4 is 32.3 Å². The van der Waals surface area contributed by atoms with Crippen molar-refractivity contribution in [3.8, 4) is 0 Å². The summed E-state index contributed by atoms with van der Waals surface area (Å²) < 4.78 is 27.3. The molecule has 0 bridgehead atoms. The van der Waals surface area contributed by atoms with Crippen LogP contribution in [0.1, 0.15) is 34.6 Å². The van der Waals surface area contributed by atoms with Crippen LogP contribution in [0.3, 0.4) is 0 Å². The molecule has 1 heterocycles. The van der Waals surface area contributed by atoms with Gasteiger partial charge in [-0.1, -0.05) is 37.3 Å². The van der Waals surface area contributed by atoms with Gasteiger partial charge in [0.05, 0.1) is 5.51 Å². The number of aromatic nitrogens is 1. The molecule has 0 saturated carbocycles. The summed E-state index contributed by atoms with van der Waals surface area (Å²) in [4.78, 5) is 14.6. The number of carboxylic acids is 1. The predicted octanol–water partition coefficient (Wildman–Crippen LogP) is 2.73. The molecule has 1 unspecified atom stereocenters. The number of hydrogen-bond acceptors (Lipinski definition) is 5. The number of sulfonamides is 1.